The van der Waals surface area contributed by atoms with Crippen molar-refractivity contribution in [2.24, 2.45) is 5.92 Å². The Hall–Kier alpha value is -0.470. The molecule has 1 aliphatic rings. The Balaban J connectivity index is 1.71. The van der Waals surface area contributed by atoms with Gasteiger partial charge in [-0.15, -0.1) is 0 Å². The highest BCUT2D eigenvalue weighted by atomic mass is 32.2. The first-order chi connectivity index (χ1) is 7.88. The van der Waals surface area contributed by atoms with E-state index in [9.17, 15) is 0 Å². The Morgan fingerprint density at radius 1 is 1.06 bits per heavy atom. The van der Waals surface area contributed by atoms with Gasteiger partial charge in [-0.2, -0.15) is 11.8 Å². The summed E-state index contributed by atoms with van der Waals surface area (Å²) in [5, 5.41) is 8.94. The minimum Gasteiger partial charge on any atom is -0.392 e. The first-order valence-electron chi connectivity index (χ1n) is 6.15. The van der Waals surface area contributed by atoms with Crippen LogP contribution in [0, 0.1) is 5.92 Å². The van der Waals surface area contributed by atoms with E-state index in [1.807, 2.05) is 12.1 Å². The summed E-state index contributed by atoms with van der Waals surface area (Å²) in [6.07, 6.45) is 5.76. The van der Waals surface area contributed by atoms with Gasteiger partial charge in [0.05, 0.1) is 6.61 Å². The van der Waals surface area contributed by atoms with Crippen LogP contribution in [0.5, 0.6) is 0 Å². The predicted molar refractivity (Wildman–Crippen MR) is 70.5 cm³/mol. The highest BCUT2D eigenvalue weighted by Gasteiger charge is 2.14. The van der Waals surface area contributed by atoms with Gasteiger partial charge in [-0.3, -0.25) is 0 Å². The molecule has 0 aliphatic heterocycles. The molecular formula is C14H20OS. The third-order valence-electron chi connectivity index (χ3n) is 3.30. The van der Waals surface area contributed by atoms with Crippen LogP contribution < -0.4 is 0 Å². The molecule has 1 aromatic rings. The summed E-state index contributed by atoms with van der Waals surface area (Å²) in [5.41, 5.74) is 2.38. The van der Waals surface area contributed by atoms with Crippen molar-refractivity contribution < 1.29 is 5.11 Å². The number of hydrogen-bond acceptors (Lipinski definition) is 2. The molecule has 1 aliphatic carbocycles. The summed E-state index contributed by atoms with van der Waals surface area (Å²) in [6, 6.07) is 8.30. The first-order valence-corrected chi connectivity index (χ1v) is 7.30. The average molecular weight is 236 g/mol. The molecule has 1 fully saturated rings. The fourth-order valence-corrected chi connectivity index (χ4v) is 3.47. The molecule has 0 heterocycles. The van der Waals surface area contributed by atoms with Crippen LogP contribution in [0.3, 0.4) is 0 Å². The van der Waals surface area contributed by atoms with Gasteiger partial charge in [0.2, 0.25) is 0 Å². The second kappa shape index (κ2) is 6.31. The maximum absolute atomic E-state index is 8.94. The number of benzene rings is 1. The average Bonchev–Trinajstić information content (AvgIpc) is 2.83. The van der Waals surface area contributed by atoms with E-state index in [0.29, 0.717) is 0 Å². The summed E-state index contributed by atoms with van der Waals surface area (Å²) in [6.45, 7) is 0.148. The number of hydrogen-bond donors (Lipinski definition) is 1. The molecule has 1 aromatic carbocycles. The molecular weight excluding hydrogens is 216 g/mol. The molecule has 0 aromatic heterocycles. The summed E-state index contributed by atoms with van der Waals surface area (Å²) >= 11 is 2.05. The zero-order valence-electron chi connectivity index (χ0n) is 9.69. The van der Waals surface area contributed by atoms with Gasteiger partial charge in [-0.1, -0.05) is 37.1 Å². The summed E-state index contributed by atoms with van der Waals surface area (Å²) < 4.78 is 0. The van der Waals surface area contributed by atoms with E-state index < -0.39 is 0 Å². The van der Waals surface area contributed by atoms with E-state index in [2.05, 4.69) is 23.9 Å². The van der Waals surface area contributed by atoms with Crippen LogP contribution in [-0.4, -0.2) is 10.9 Å². The van der Waals surface area contributed by atoms with Crippen molar-refractivity contribution in [1.82, 2.24) is 0 Å². The predicted octanol–water partition coefficient (Wildman–Crippen LogP) is 3.60. The highest BCUT2D eigenvalue weighted by molar-refractivity contribution is 7.98. The first kappa shape index (κ1) is 12.0. The van der Waals surface area contributed by atoms with Crippen molar-refractivity contribution in [3.05, 3.63) is 35.4 Å². The van der Waals surface area contributed by atoms with E-state index >= 15 is 0 Å². The number of aliphatic hydroxyl groups is 1. The van der Waals surface area contributed by atoms with E-state index in [4.69, 9.17) is 5.11 Å². The standard InChI is InChI=1S/C14H20OS/c15-9-12-5-7-14(8-6-12)11-16-10-13-3-1-2-4-13/h5-8,13,15H,1-4,9-11H2. The molecule has 0 spiro atoms. The Labute approximate surface area is 102 Å². The Kier molecular flexibility index (Phi) is 4.73. The molecule has 1 saturated carbocycles. The molecule has 0 radical (unpaired) electrons. The van der Waals surface area contributed by atoms with Crippen molar-refractivity contribution in [2.45, 2.75) is 38.0 Å². The molecule has 1 nitrogen and oxygen atoms in total. The van der Waals surface area contributed by atoms with Gasteiger partial charge in [0, 0.05) is 5.75 Å². The Morgan fingerprint density at radius 2 is 1.69 bits per heavy atom. The zero-order valence-corrected chi connectivity index (χ0v) is 10.5. The fraction of sp³-hybridized carbons (Fsp3) is 0.571. The second-order valence-electron chi connectivity index (χ2n) is 4.64. The molecule has 16 heavy (non-hydrogen) atoms. The maximum atomic E-state index is 8.94. The lowest BCUT2D eigenvalue weighted by atomic mass is 10.1. The van der Waals surface area contributed by atoms with Crippen LogP contribution in [0.2, 0.25) is 0 Å². The van der Waals surface area contributed by atoms with E-state index in [0.717, 1.165) is 17.2 Å². The fourth-order valence-electron chi connectivity index (χ4n) is 2.26. The number of thioether (sulfide) groups is 1. The number of aliphatic hydroxyl groups excluding tert-OH is 1. The molecule has 2 rings (SSSR count). The topological polar surface area (TPSA) is 20.2 Å². The zero-order chi connectivity index (χ0) is 11.2. The van der Waals surface area contributed by atoms with Gasteiger partial charge in [-0.25, -0.2) is 0 Å². The molecule has 1 N–H and O–H groups in total. The van der Waals surface area contributed by atoms with Crippen molar-refractivity contribution in [1.29, 1.82) is 0 Å². The van der Waals surface area contributed by atoms with Crippen LogP contribution in [0.1, 0.15) is 36.8 Å². The third kappa shape index (κ3) is 3.53. The number of rotatable bonds is 5. The molecule has 0 amide bonds. The largest absolute Gasteiger partial charge is 0.392 e. The van der Waals surface area contributed by atoms with Crippen molar-refractivity contribution in [3.8, 4) is 0 Å². The molecule has 0 atom stereocenters. The van der Waals surface area contributed by atoms with Crippen molar-refractivity contribution in [3.63, 3.8) is 0 Å². The summed E-state index contributed by atoms with van der Waals surface area (Å²) in [4.78, 5) is 0. The Bertz CT molecular complexity index is 301. The van der Waals surface area contributed by atoms with E-state index in [-0.39, 0.29) is 6.61 Å². The summed E-state index contributed by atoms with van der Waals surface area (Å²) in [7, 11) is 0. The molecule has 88 valence electrons. The summed E-state index contributed by atoms with van der Waals surface area (Å²) in [5.74, 6) is 3.41. The molecule has 0 saturated heterocycles. The lowest BCUT2D eigenvalue weighted by Crippen LogP contribution is -1.97. The lowest BCUT2D eigenvalue weighted by Gasteiger charge is -2.08. The monoisotopic (exact) mass is 236 g/mol. The normalized spacial score (nSPS) is 16.8. The molecule has 0 bridgehead atoms. The van der Waals surface area contributed by atoms with Crippen molar-refractivity contribution >= 4 is 11.8 Å². The minimum absolute atomic E-state index is 0.148. The van der Waals surface area contributed by atoms with Crippen LogP contribution in [-0.2, 0) is 12.4 Å². The van der Waals surface area contributed by atoms with Gasteiger partial charge in [0.15, 0.2) is 0 Å². The quantitative estimate of drug-likeness (QED) is 0.843. The van der Waals surface area contributed by atoms with E-state index in [1.54, 1.807) is 0 Å². The van der Waals surface area contributed by atoms with Gasteiger partial charge < -0.3 is 5.11 Å². The molecule has 2 heteroatoms. The highest BCUT2D eigenvalue weighted by Crippen LogP contribution is 2.28. The van der Waals surface area contributed by atoms with Crippen LogP contribution in [0.25, 0.3) is 0 Å². The van der Waals surface area contributed by atoms with Gasteiger partial charge >= 0.3 is 0 Å². The smallest absolute Gasteiger partial charge is 0.0681 e. The van der Waals surface area contributed by atoms with Gasteiger partial charge in [-0.05, 0) is 35.6 Å². The third-order valence-corrected chi connectivity index (χ3v) is 4.55. The second-order valence-corrected chi connectivity index (χ2v) is 5.67. The lowest BCUT2D eigenvalue weighted by molar-refractivity contribution is 0.282. The minimum atomic E-state index is 0.148. The SMILES string of the molecule is OCc1ccc(CSCC2CCCC2)cc1. The molecule has 0 unspecified atom stereocenters. The van der Waals surface area contributed by atoms with Crippen LogP contribution in [0.4, 0.5) is 0 Å². The van der Waals surface area contributed by atoms with Crippen LogP contribution >= 0.6 is 11.8 Å². The van der Waals surface area contributed by atoms with Crippen LogP contribution in [0.15, 0.2) is 24.3 Å². The maximum Gasteiger partial charge on any atom is 0.0681 e. The van der Waals surface area contributed by atoms with Gasteiger partial charge in [0.25, 0.3) is 0 Å². The van der Waals surface area contributed by atoms with Crippen molar-refractivity contribution in [2.75, 3.05) is 5.75 Å². The Morgan fingerprint density at radius 3 is 2.31 bits per heavy atom. The van der Waals surface area contributed by atoms with E-state index in [1.165, 1.54) is 37.0 Å². The van der Waals surface area contributed by atoms with Gasteiger partial charge in [0.1, 0.15) is 0 Å².